The molecule has 1 heterocycles. The fraction of sp³-hybridized carbons (Fsp3) is 0.160. The molecule has 3 aromatic rings. The minimum Gasteiger partial charge on any atom is -0.492 e. The third kappa shape index (κ3) is 4.61. The van der Waals surface area contributed by atoms with Gasteiger partial charge in [-0.3, -0.25) is 4.79 Å². The summed E-state index contributed by atoms with van der Waals surface area (Å²) in [5.74, 6) is 5.86. The van der Waals surface area contributed by atoms with Crippen molar-refractivity contribution in [2.24, 2.45) is 0 Å². The third-order valence-corrected chi connectivity index (χ3v) is 4.85. The summed E-state index contributed by atoms with van der Waals surface area (Å²) >= 11 is 0. The van der Waals surface area contributed by atoms with Crippen LogP contribution in [0.5, 0.6) is 11.5 Å². The van der Waals surface area contributed by atoms with Crippen LogP contribution in [-0.4, -0.2) is 17.7 Å². The number of aliphatic carboxylic acids is 1. The van der Waals surface area contributed by atoms with Crippen molar-refractivity contribution < 1.29 is 23.8 Å². The van der Waals surface area contributed by atoms with E-state index in [2.05, 4.69) is 11.8 Å². The predicted octanol–water partition coefficient (Wildman–Crippen LogP) is 4.76. The van der Waals surface area contributed by atoms with Gasteiger partial charge in [0.1, 0.15) is 23.9 Å². The van der Waals surface area contributed by atoms with Crippen LogP contribution in [0.15, 0.2) is 66.7 Å². The van der Waals surface area contributed by atoms with Gasteiger partial charge in [0.2, 0.25) is 0 Å². The van der Waals surface area contributed by atoms with Crippen LogP contribution in [0, 0.1) is 17.7 Å². The van der Waals surface area contributed by atoms with E-state index in [1.54, 1.807) is 24.3 Å². The number of hydrogen-bond donors (Lipinski definition) is 1. The summed E-state index contributed by atoms with van der Waals surface area (Å²) in [6.07, 6.45) is 0.0230. The molecule has 0 spiro atoms. The first-order chi connectivity index (χ1) is 14.6. The maximum Gasteiger partial charge on any atom is 0.304 e. The van der Waals surface area contributed by atoms with Gasteiger partial charge in [0.25, 0.3) is 0 Å². The van der Waals surface area contributed by atoms with Crippen molar-refractivity contribution in [2.45, 2.75) is 18.9 Å². The standard InChI is InChI=1S/C25H19FO4/c26-23-11-8-18(7-6-17-4-2-1-3-5-17)12-20(23)16-29-21-9-10-22-19(13-25(27)28)15-30-24(22)14-21/h1-5,8-12,14,19H,13,15-16H2,(H,27,28). The molecule has 0 aliphatic carbocycles. The Hall–Kier alpha value is -3.78. The highest BCUT2D eigenvalue weighted by Crippen LogP contribution is 2.38. The van der Waals surface area contributed by atoms with E-state index in [0.717, 1.165) is 11.1 Å². The van der Waals surface area contributed by atoms with Crippen molar-refractivity contribution in [3.05, 3.63) is 94.8 Å². The van der Waals surface area contributed by atoms with E-state index in [1.807, 2.05) is 36.4 Å². The van der Waals surface area contributed by atoms with E-state index in [4.69, 9.17) is 14.6 Å². The number of fused-ring (bicyclic) bond motifs is 1. The molecule has 1 aliphatic rings. The van der Waals surface area contributed by atoms with E-state index in [1.165, 1.54) is 6.07 Å². The van der Waals surface area contributed by atoms with Crippen molar-refractivity contribution in [1.82, 2.24) is 0 Å². The average molecular weight is 402 g/mol. The predicted molar refractivity (Wildman–Crippen MR) is 110 cm³/mol. The molecule has 0 fully saturated rings. The number of halogens is 1. The molecule has 1 unspecified atom stereocenters. The molecule has 5 heteroatoms. The van der Waals surface area contributed by atoms with Crippen molar-refractivity contribution in [2.75, 3.05) is 6.61 Å². The maximum atomic E-state index is 14.2. The largest absolute Gasteiger partial charge is 0.492 e. The van der Waals surface area contributed by atoms with Crippen LogP contribution in [0.4, 0.5) is 4.39 Å². The van der Waals surface area contributed by atoms with Crippen molar-refractivity contribution in [3.8, 4) is 23.3 Å². The molecule has 1 N–H and O–H groups in total. The molecule has 30 heavy (non-hydrogen) atoms. The molecule has 0 saturated heterocycles. The second-order valence-corrected chi connectivity index (χ2v) is 7.02. The van der Waals surface area contributed by atoms with Crippen molar-refractivity contribution in [1.29, 1.82) is 0 Å². The van der Waals surface area contributed by atoms with Crippen LogP contribution in [0.1, 0.15) is 34.6 Å². The molecule has 0 amide bonds. The van der Waals surface area contributed by atoms with Crippen LogP contribution in [0.2, 0.25) is 0 Å². The minimum absolute atomic E-state index is 0.0230. The van der Waals surface area contributed by atoms with Gasteiger partial charge >= 0.3 is 5.97 Å². The van der Waals surface area contributed by atoms with Gasteiger partial charge < -0.3 is 14.6 Å². The summed E-state index contributed by atoms with van der Waals surface area (Å²) in [4.78, 5) is 11.0. The van der Waals surface area contributed by atoms with Crippen LogP contribution in [-0.2, 0) is 11.4 Å². The molecule has 1 aliphatic heterocycles. The zero-order valence-corrected chi connectivity index (χ0v) is 16.1. The zero-order chi connectivity index (χ0) is 20.9. The first-order valence-electron chi connectivity index (χ1n) is 9.55. The number of benzene rings is 3. The van der Waals surface area contributed by atoms with Crippen LogP contribution >= 0.6 is 0 Å². The second kappa shape index (κ2) is 8.71. The molecule has 1 atom stereocenters. The van der Waals surface area contributed by atoms with Crippen LogP contribution < -0.4 is 9.47 Å². The summed E-state index contributed by atoms with van der Waals surface area (Å²) in [7, 11) is 0. The van der Waals surface area contributed by atoms with Gasteiger partial charge in [-0.2, -0.15) is 0 Å². The minimum atomic E-state index is -0.859. The molecule has 3 aromatic carbocycles. The van der Waals surface area contributed by atoms with E-state index < -0.39 is 5.97 Å². The topological polar surface area (TPSA) is 55.8 Å². The van der Waals surface area contributed by atoms with Gasteiger partial charge in [-0.15, -0.1) is 0 Å². The number of carboxylic acids is 1. The van der Waals surface area contributed by atoms with E-state index in [0.29, 0.717) is 29.2 Å². The molecule has 0 saturated carbocycles. The number of ether oxygens (including phenoxy) is 2. The third-order valence-electron chi connectivity index (χ3n) is 4.85. The van der Waals surface area contributed by atoms with E-state index in [9.17, 15) is 9.18 Å². The number of rotatable bonds is 5. The highest BCUT2D eigenvalue weighted by molar-refractivity contribution is 5.68. The Morgan fingerprint density at radius 2 is 1.87 bits per heavy atom. The van der Waals surface area contributed by atoms with Gasteiger partial charge in [0.15, 0.2) is 0 Å². The van der Waals surface area contributed by atoms with Crippen molar-refractivity contribution in [3.63, 3.8) is 0 Å². The summed E-state index contributed by atoms with van der Waals surface area (Å²) in [6, 6.07) is 19.6. The SMILES string of the molecule is O=C(O)CC1COc2cc(OCc3cc(C#Cc4ccccc4)ccc3F)ccc21. The molecule has 0 radical (unpaired) electrons. The monoisotopic (exact) mass is 402 g/mol. The Bertz CT molecular complexity index is 1130. The second-order valence-electron chi connectivity index (χ2n) is 7.02. The molecular formula is C25H19FO4. The smallest absolute Gasteiger partial charge is 0.304 e. The maximum absolute atomic E-state index is 14.2. The molecule has 0 bridgehead atoms. The molecule has 0 aromatic heterocycles. The molecule has 4 rings (SSSR count). The van der Waals surface area contributed by atoms with E-state index >= 15 is 0 Å². The fourth-order valence-corrected chi connectivity index (χ4v) is 3.32. The summed E-state index contributed by atoms with van der Waals surface area (Å²) in [5, 5.41) is 8.99. The van der Waals surface area contributed by atoms with Crippen LogP contribution in [0.25, 0.3) is 0 Å². The Labute approximate surface area is 173 Å². The van der Waals surface area contributed by atoms with Crippen LogP contribution in [0.3, 0.4) is 0 Å². The first kappa shape index (κ1) is 19.5. The number of hydrogen-bond acceptors (Lipinski definition) is 3. The highest BCUT2D eigenvalue weighted by atomic mass is 19.1. The Balaban J connectivity index is 1.45. The average Bonchev–Trinajstić information content (AvgIpc) is 3.14. The number of carbonyl (C=O) groups is 1. The van der Waals surface area contributed by atoms with Gasteiger partial charge in [0, 0.05) is 34.2 Å². The highest BCUT2D eigenvalue weighted by Gasteiger charge is 2.26. The fourth-order valence-electron chi connectivity index (χ4n) is 3.32. The van der Waals surface area contributed by atoms with E-state index in [-0.39, 0.29) is 24.8 Å². The molecule has 4 nitrogen and oxygen atoms in total. The zero-order valence-electron chi connectivity index (χ0n) is 16.1. The Morgan fingerprint density at radius 3 is 2.67 bits per heavy atom. The molecule has 150 valence electrons. The normalized spacial score (nSPS) is 14.2. The lowest BCUT2D eigenvalue weighted by molar-refractivity contribution is -0.137. The van der Waals surface area contributed by atoms with Gasteiger partial charge in [-0.05, 0) is 36.4 Å². The first-order valence-corrected chi connectivity index (χ1v) is 9.55. The summed E-state index contributed by atoms with van der Waals surface area (Å²) < 4.78 is 25.6. The Kier molecular flexibility index (Phi) is 5.67. The lowest BCUT2D eigenvalue weighted by Crippen LogP contribution is -2.07. The summed E-state index contributed by atoms with van der Waals surface area (Å²) in [6.45, 7) is 0.381. The van der Waals surface area contributed by atoms with Crippen molar-refractivity contribution >= 4 is 5.97 Å². The lowest BCUT2D eigenvalue weighted by atomic mass is 9.98. The Morgan fingerprint density at radius 1 is 1.07 bits per heavy atom. The van der Waals surface area contributed by atoms with Gasteiger partial charge in [-0.1, -0.05) is 36.1 Å². The molecular weight excluding hydrogens is 383 g/mol. The lowest BCUT2D eigenvalue weighted by Gasteiger charge is -2.10. The van der Waals surface area contributed by atoms with Gasteiger partial charge in [0.05, 0.1) is 13.0 Å². The number of carboxylic acid groups (broad SMARTS) is 1. The summed E-state index contributed by atoms with van der Waals surface area (Å²) in [5.41, 5.74) is 2.85. The quantitative estimate of drug-likeness (QED) is 0.626. The van der Waals surface area contributed by atoms with Gasteiger partial charge in [-0.25, -0.2) is 4.39 Å².